The van der Waals surface area contributed by atoms with Crippen LogP contribution in [0.2, 0.25) is 5.02 Å². The first-order valence-corrected chi connectivity index (χ1v) is 6.29. The molecule has 0 radical (unpaired) electrons. The van der Waals surface area contributed by atoms with Crippen LogP contribution in [0.1, 0.15) is 22.8 Å². The zero-order chi connectivity index (χ0) is 12.4. The van der Waals surface area contributed by atoms with Crippen molar-refractivity contribution in [2.45, 2.75) is 13.0 Å². The first-order valence-electron chi connectivity index (χ1n) is 5.12. The summed E-state index contributed by atoms with van der Waals surface area (Å²) in [5, 5.41) is 10.8. The minimum Gasteiger partial charge on any atom is -0.384 e. The Labute approximate surface area is 113 Å². The molecule has 1 heterocycles. The van der Waals surface area contributed by atoms with E-state index in [0.717, 1.165) is 21.2 Å². The number of hydrogen-bond acceptors (Lipinski definition) is 2. The van der Waals surface area contributed by atoms with E-state index in [0.29, 0.717) is 5.02 Å². The van der Waals surface area contributed by atoms with E-state index in [2.05, 4.69) is 20.9 Å². The second-order valence-corrected chi connectivity index (χ2v) is 5.13. The third kappa shape index (κ3) is 2.86. The molecule has 17 heavy (non-hydrogen) atoms. The fourth-order valence-electron chi connectivity index (χ4n) is 1.60. The van der Waals surface area contributed by atoms with Gasteiger partial charge in [0.2, 0.25) is 0 Å². The molecule has 88 valence electrons. The van der Waals surface area contributed by atoms with E-state index in [1.807, 2.05) is 25.1 Å². The summed E-state index contributed by atoms with van der Waals surface area (Å²) in [7, 11) is 0. The van der Waals surface area contributed by atoms with Gasteiger partial charge in [0.1, 0.15) is 6.10 Å². The van der Waals surface area contributed by atoms with Gasteiger partial charge in [0, 0.05) is 22.4 Å². The van der Waals surface area contributed by atoms with Crippen molar-refractivity contribution in [2.75, 3.05) is 0 Å². The van der Waals surface area contributed by atoms with E-state index in [1.165, 1.54) is 0 Å². The van der Waals surface area contributed by atoms with E-state index < -0.39 is 6.10 Å². The van der Waals surface area contributed by atoms with Crippen molar-refractivity contribution >= 4 is 27.5 Å². The number of aromatic nitrogens is 1. The van der Waals surface area contributed by atoms with Crippen molar-refractivity contribution in [3.63, 3.8) is 0 Å². The number of hydrogen-bond donors (Lipinski definition) is 1. The summed E-state index contributed by atoms with van der Waals surface area (Å²) >= 11 is 9.32. The number of nitrogens with zero attached hydrogens (tertiary/aromatic N) is 1. The van der Waals surface area contributed by atoms with Gasteiger partial charge < -0.3 is 5.11 Å². The smallest absolute Gasteiger partial charge is 0.106 e. The van der Waals surface area contributed by atoms with Crippen molar-refractivity contribution in [3.05, 3.63) is 62.8 Å². The maximum atomic E-state index is 10.2. The molecule has 1 N–H and O–H groups in total. The van der Waals surface area contributed by atoms with E-state index in [-0.39, 0.29) is 0 Å². The van der Waals surface area contributed by atoms with Crippen LogP contribution < -0.4 is 0 Å². The van der Waals surface area contributed by atoms with Gasteiger partial charge in [-0.25, -0.2) is 0 Å². The molecule has 4 heteroatoms. The Morgan fingerprint density at radius 1 is 1.24 bits per heavy atom. The van der Waals surface area contributed by atoms with E-state index >= 15 is 0 Å². The molecule has 0 aliphatic rings. The standard InChI is InChI=1S/C13H11BrClNO/c1-8-4-10(7-16-6-8)13(17)9-2-3-11(14)12(15)5-9/h2-7,13,17H,1H3. The van der Waals surface area contributed by atoms with Crippen molar-refractivity contribution in [2.24, 2.45) is 0 Å². The highest BCUT2D eigenvalue weighted by molar-refractivity contribution is 9.10. The van der Waals surface area contributed by atoms with Crippen molar-refractivity contribution in [1.82, 2.24) is 4.98 Å². The summed E-state index contributed by atoms with van der Waals surface area (Å²) in [6, 6.07) is 7.32. The van der Waals surface area contributed by atoms with Crippen LogP contribution in [0.5, 0.6) is 0 Å². The molecule has 1 aromatic carbocycles. The fourth-order valence-corrected chi connectivity index (χ4v) is 2.04. The van der Waals surface area contributed by atoms with Crippen LogP contribution in [0.25, 0.3) is 0 Å². The predicted molar refractivity (Wildman–Crippen MR) is 72.2 cm³/mol. The van der Waals surface area contributed by atoms with Gasteiger partial charge in [0.25, 0.3) is 0 Å². The van der Waals surface area contributed by atoms with Gasteiger partial charge in [0.05, 0.1) is 5.02 Å². The molecule has 2 rings (SSSR count). The predicted octanol–water partition coefficient (Wildman–Crippen LogP) is 3.89. The Hall–Kier alpha value is -0.900. The average molecular weight is 313 g/mol. The van der Waals surface area contributed by atoms with Crippen LogP contribution in [-0.2, 0) is 0 Å². The number of aryl methyl sites for hydroxylation is 1. The lowest BCUT2D eigenvalue weighted by Crippen LogP contribution is -2.00. The third-order valence-corrected chi connectivity index (χ3v) is 3.70. The summed E-state index contributed by atoms with van der Waals surface area (Å²) in [6.07, 6.45) is 2.71. The van der Waals surface area contributed by atoms with Gasteiger partial charge >= 0.3 is 0 Å². The molecular formula is C13H11BrClNO. The molecule has 1 aromatic heterocycles. The Kier molecular flexibility index (Phi) is 3.82. The molecule has 0 fully saturated rings. The number of aliphatic hydroxyl groups is 1. The van der Waals surface area contributed by atoms with Crippen molar-refractivity contribution < 1.29 is 5.11 Å². The van der Waals surface area contributed by atoms with E-state index in [1.54, 1.807) is 18.5 Å². The lowest BCUT2D eigenvalue weighted by molar-refractivity contribution is 0.220. The van der Waals surface area contributed by atoms with Gasteiger partial charge in [-0.05, 0) is 46.1 Å². The first kappa shape index (κ1) is 12.6. The summed E-state index contributed by atoms with van der Waals surface area (Å²) in [4.78, 5) is 4.07. The number of aliphatic hydroxyl groups excluding tert-OH is 1. The monoisotopic (exact) mass is 311 g/mol. The quantitative estimate of drug-likeness (QED) is 0.912. The van der Waals surface area contributed by atoms with Crippen LogP contribution in [-0.4, -0.2) is 10.1 Å². The minimum absolute atomic E-state index is 0.585. The molecule has 0 aliphatic carbocycles. The lowest BCUT2D eigenvalue weighted by atomic mass is 10.0. The van der Waals surface area contributed by atoms with Crippen LogP contribution in [0.15, 0.2) is 41.1 Å². The SMILES string of the molecule is Cc1cncc(C(O)c2ccc(Br)c(Cl)c2)c1. The van der Waals surface area contributed by atoms with Gasteiger partial charge in [0.15, 0.2) is 0 Å². The molecule has 1 unspecified atom stereocenters. The molecule has 2 aromatic rings. The number of benzene rings is 1. The van der Waals surface area contributed by atoms with E-state index in [9.17, 15) is 5.11 Å². The summed E-state index contributed by atoms with van der Waals surface area (Å²) < 4.78 is 0.817. The third-order valence-electron chi connectivity index (χ3n) is 2.47. The highest BCUT2D eigenvalue weighted by atomic mass is 79.9. The first-order chi connectivity index (χ1) is 8.08. The maximum Gasteiger partial charge on any atom is 0.106 e. The molecule has 0 saturated heterocycles. The zero-order valence-electron chi connectivity index (χ0n) is 9.19. The van der Waals surface area contributed by atoms with Gasteiger partial charge in [-0.1, -0.05) is 23.7 Å². The van der Waals surface area contributed by atoms with Gasteiger partial charge in [-0.3, -0.25) is 4.98 Å². The summed E-state index contributed by atoms with van der Waals surface area (Å²) in [6.45, 7) is 1.94. The summed E-state index contributed by atoms with van der Waals surface area (Å²) in [5.74, 6) is 0. The second-order valence-electron chi connectivity index (χ2n) is 3.87. The molecule has 0 bridgehead atoms. The zero-order valence-corrected chi connectivity index (χ0v) is 11.5. The van der Waals surface area contributed by atoms with Crippen LogP contribution in [0.3, 0.4) is 0 Å². The summed E-state index contributed by atoms with van der Waals surface area (Å²) in [5.41, 5.74) is 2.54. The molecular weight excluding hydrogens is 302 g/mol. The number of pyridine rings is 1. The van der Waals surface area contributed by atoms with Crippen LogP contribution in [0, 0.1) is 6.92 Å². The largest absolute Gasteiger partial charge is 0.384 e. The normalized spacial score (nSPS) is 12.5. The number of rotatable bonds is 2. The van der Waals surface area contributed by atoms with E-state index in [4.69, 9.17) is 11.6 Å². The highest BCUT2D eigenvalue weighted by Crippen LogP contribution is 2.28. The molecule has 0 spiro atoms. The second kappa shape index (κ2) is 5.17. The topological polar surface area (TPSA) is 33.1 Å². The van der Waals surface area contributed by atoms with Crippen LogP contribution >= 0.6 is 27.5 Å². The molecule has 0 aliphatic heterocycles. The Bertz CT molecular complexity index is 545. The van der Waals surface area contributed by atoms with Crippen LogP contribution in [0.4, 0.5) is 0 Å². The molecule has 2 nitrogen and oxygen atoms in total. The highest BCUT2D eigenvalue weighted by Gasteiger charge is 2.12. The van der Waals surface area contributed by atoms with Crippen molar-refractivity contribution in [1.29, 1.82) is 0 Å². The fraction of sp³-hybridized carbons (Fsp3) is 0.154. The van der Waals surface area contributed by atoms with Crippen molar-refractivity contribution in [3.8, 4) is 0 Å². The Morgan fingerprint density at radius 2 is 2.00 bits per heavy atom. The average Bonchev–Trinajstić information content (AvgIpc) is 2.32. The Balaban J connectivity index is 2.36. The molecule has 0 saturated carbocycles. The van der Waals surface area contributed by atoms with Gasteiger partial charge in [-0.2, -0.15) is 0 Å². The lowest BCUT2D eigenvalue weighted by Gasteiger charge is -2.12. The molecule has 1 atom stereocenters. The molecule has 0 amide bonds. The minimum atomic E-state index is -0.701. The Morgan fingerprint density at radius 3 is 2.65 bits per heavy atom. The number of halogens is 2. The maximum absolute atomic E-state index is 10.2. The van der Waals surface area contributed by atoms with Gasteiger partial charge in [-0.15, -0.1) is 0 Å².